The number of hydrogen-bond donors (Lipinski definition) is 0. The van der Waals surface area contributed by atoms with Crippen molar-refractivity contribution >= 4 is 21.8 Å². The summed E-state index contributed by atoms with van der Waals surface area (Å²) in [5.74, 6) is -0.144. The van der Waals surface area contributed by atoms with E-state index >= 15 is 0 Å². The summed E-state index contributed by atoms with van der Waals surface area (Å²) in [5.41, 5.74) is 2.45. The summed E-state index contributed by atoms with van der Waals surface area (Å²) in [7, 11) is -3.75. The van der Waals surface area contributed by atoms with Crippen molar-refractivity contribution in [1.29, 1.82) is 0 Å². The maximum atomic E-state index is 13.4. The molecule has 8 heteroatoms. The number of nitrogens with zero attached hydrogens (tertiary/aromatic N) is 3. The second-order valence-electron chi connectivity index (χ2n) is 7.83. The summed E-state index contributed by atoms with van der Waals surface area (Å²) >= 11 is 0. The fraction of sp³-hybridized carbons (Fsp3) is 0.600. The van der Waals surface area contributed by atoms with Gasteiger partial charge in [0, 0.05) is 39.6 Å². The van der Waals surface area contributed by atoms with Crippen molar-refractivity contribution in [3.63, 3.8) is 0 Å². The first kappa shape index (κ1) is 20.8. The molecule has 2 aliphatic rings. The van der Waals surface area contributed by atoms with Gasteiger partial charge in [0.15, 0.2) is 0 Å². The van der Waals surface area contributed by atoms with Crippen molar-refractivity contribution in [2.45, 2.75) is 51.5 Å². The van der Waals surface area contributed by atoms with E-state index in [-0.39, 0.29) is 11.8 Å². The maximum Gasteiger partial charge on any atom is 0.244 e. The van der Waals surface area contributed by atoms with E-state index in [9.17, 15) is 18.0 Å². The van der Waals surface area contributed by atoms with Crippen molar-refractivity contribution in [1.82, 2.24) is 14.1 Å². The summed E-state index contributed by atoms with van der Waals surface area (Å²) in [5, 5.41) is 0. The third-order valence-corrected chi connectivity index (χ3v) is 7.91. The molecule has 1 aromatic rings. The molecule has 2 amide bonds. The van der Waals surface area contributed by atoms with Gasteiger partial charge in [0.25, 0.3) is 0 Å². The van der Waals surface area contributed by atoms with Gasteiger partial charge < -0.3 is 9.80 Å². The van der Waals surface area contributed by atoms with Crippen molar-refractivity contribution in [2.24, 2.45) is 0 Å². The maximum absolute atomic E-state index is 13.4. The molecule has 0 bridgehead atoms. The molecule has 3 rings (SSSR count). The van der Waals surface area contributed by atoms with Crippen LogP contribution >= 0.6 is 0 Å². The predicted octanol–water partition coefficient (Wildman–Crippen LogP) is 1.46. The molecule has 0 N–H and O–H groups in total. The van der Waals surface area contributed by atoms with E-state index in [2.05, 4.69) is 0 Å². The zero-order valence-electron chi connectivity index (χ0n) is 17.1. The fourth-order valence-electron chi connectivity index (χ4n) is 4.42. The normalized spacial score (nSPS) is 21.2. The lowest BCUT2D eigenvalue weighted by Crippen LogP contribution is -2.55. The topological polar surface area (TPSA) is 78.0 Å². The standard InChI is InChI=1S/C20H29N3O4S/c1-14-12-15(2)19(16(3)13-14)28(26,27)23-7-5-6-18(23)20(25)22-10-8-21(9-11-22)17(4)24/h12-13,18H,5-11H2,1-4H3. The molecule has 0 saturated carbocycles. The predicted molar refractivity (Wildman–Crippen MR) is 106 cm³/mol. The fourth-order valence-corrected chi connectivity index (χ4v) is 6.48. The van der Waals surface area contributed by atoms with Crippen LogP contribution in [-0.2, 0) is 19.6 Å². The van der Waals surface area contributed by atoms with Crippen LogP contribution in [-0.4, -0.2) is 73.1 Å². The number of sulfonamides is 1. The average molecular weight is 408 g/mol. The van der Waals surface area contributed by atoms with Crippen molar-refractivity contribution < 1.29 is 18.0 Å². The molecule has 0 aromatic heterocycles. The highest BCUT2D eigenvalue weighted by Gasteiger charge is 2.42. The lowest BCUT2D eigenvalue weighted by Gasteiger charge is -2.36. The summed E-state index contributed by atoms with van der Waals surface area (Å²) in [6.07, 6.45) is 1.21. The van der Waals surface area contributed by atoms with E-state index < -0.39 is 16.1 Å². The highest BCUT2D eigenvalue weighted by molar-refractivity contribution is 7.89. The summed E-state index contributed by atoms with van der Waals surface area (Å²) < 4.78 is 28.2. The minimum atomic E-state index is -3.75. The Balaban J connectivity index is 1.83. The minimum absolute atomic E-state index is 0.00231. The Bertz CT molecular complexity index is 866. The first-order chi connectivity index (χ1) is 13.1. The third-order valence-electron chi connectivity index (χ3n) is 5.70. The van der Waals surface area contributed by atoms with E-state index in [4.69, 9.17) is 0 Å². The molecule has 2 fully saturated rings. The van der Waals surface area contributed by atoms with Crippen LogP contribution in [0, 0.1) is 20.8 Å². The second-order valence-corrected chi connectivity index (χ2v) is 9.66. The van der Waals surface area contributed by atoms with Gasteiger partial charge in [-0.1, -0.05) is 17.7 Å². The lowest BCUT2D eigenvalue weighted by atomic mass is 10.1. The van der Waals surface area contributed by atoms with Crippen LogP contribution in [0.3, 0.4) is 0 Å². The molecule has 1 aromatic carbocycles. The Morgan fingerprint density at radius 2 is 1.46 bits per heavy atom. The Morgan fingerprint density at radius 1 is 0.929 bits per heavy atom. The highest BCUT2D eigenvalue weighted by atomic mass is 32.2. The van der Waals surface area contributed by atoms with Crippen molar-refractivity contribution in [3.8, 4) is 0 Å². The van der Waals surface area contributed by atoms with E-state index in [0.717, 1.165) is 5.56 Å². The van der Waals surface area contributed by atoms with Crippen molar-refractivity contribution in [2.75, 3.05) is 32.7 Å². The first-order valence-electron chi connectivity index (χ1n) is 9.77. The molecule has 1 atom stereocenters. The second kappa shape index (κ2) is 7.83. The number of piperazine rings is 1. The molecule has 28 heavy (non-hydrogen) atoms. The summed E-state index contributed by atoms with van der Waals surface area (Å²) in [6.45, 7) is 9.33. The number of aryl methyl sites for hydroxylation is 3. The van der Waals surface area contributed by atoms with Gasteiger partial charge in [-0.3, -0.25) is 9.59 Å². The number of carbonyl (C=O) groups is 2. The largest absolute Gasteiger partial charge is 0.339 e. The monoisotopic (exact) mass is 407 g/mol. The molecule has 0 spiro atoms. The van der Waals surface area contributed by atoms with Gasteiger partial charge >= 0.3 is 0 Å². The molecule has 0 radical (unpaired) electrons. The molecule has 2 saturated heterocycles. The molecule has 2 aliphatic heterocycles. The van der Waals surface area contributed by atoms with E-state index in [1.165, 1.54) is 11.2 Å². The van der Waals surface area contributed by atoms with E-state index in [0.29, 0.717) is 61.6 Å². The number of amides is 2. The van der Waals surface area contributed by atoms with Gasteiger partial charge in [0.05, 0.1) is 4.90 Å². The number of carbonyl (C=O) groups excluding carboxylic acids is 2. The van der Waals surface area contributed by atoms with Crippen LogP contribution < -0.4 is 0 Å². The van der Waals surface area contributed by atoms with Gasteiger partial charge in [-0.25, -0.2) is 8.42 Å². The minimum Gasteiger partial charge on any atom is -0.339 e. The molecule has 2 heterocycles. The molecule has 7 nitrogen and oxygen atoms in total. The molecule has 154 valence electrons. The Kier molecular flexibility index (Phi) is 5.82. The van der Waals surface area contributed by atoms with Crippen LogP contribution in [0.1, 0.15) is 36.5 Å². The smallest absolute Gasteiger partial charge is 0.244 e. The summed E-state index contributed by atoms with van der Waals surface area (Å²) in [6, 6.07) is 3.08. The third kappa shape index (κ3) is 3.80. The number of benzene rings is 1. The number of rotatable bonds is 3. The van der Waals surface area contributed by atoms with Gasteiger partial charge in [-0.05, 0) is 44.7 Å². The van der Waals surface area contributed by atoms with Crippen LogP contribution in [0.4, 0.5) is 0 Å². The van der Waals surface area contributed by atoms with Gasteiger partial charge in [-0.2, -0.15) is 4.31 Å². The molecule has 0 aliphatic carbocycles. The quantitative estimate of drug-likeness (QED) is 0.760. The highest BCUT2D eigenvalue weighted by Crippen LogP contribution is 2.31. The van der Waals surface area contributed by atoms with Crippen LogP contribution in [0.2, 0.25) is 0 Å². The van der Waals surface area contributed by atoms with Crippen LogP contribution in [0.15, 0.2) is 17.0 Å². The lowest BCUT2D eigenvalue weighted by molar-refractivity contribution is -0.140. The average Bonchev–Trinajstić information content (AvgIpc) is 3.10. The van der Waals surface area contributed by atoms with E-state index in [1.54, 1.807) is 23.6 Å². The summed E-state index contributed by atoms with van der Waals surface area (Å²) in [4.78, 5) is 28.3. The Labute approximate surface area is 167 Å². The number of hydrogen-bond acceptors (Lipinski definition) is 4. The molecular weight excluding hydrogens is 378 g/mol. The van der Waals surface area contributed by atoms with Gasteiger partial charge in [0.1, 0.15) is 6.04 Å². The van der Waals surface area contributed by atoms with Gasteiger partial charge in [0.2, 0.25) is 21.8 Å². The Hall–Kier alpha value is -1.93. The molecule has 1 unspecified atom stereocenters. The zero-order valence-corrected chi connectivity index (χ0v) is 17.9. The van der Waals surface area contributed by atoms with Crippen molar-refractivity contribution in [3.05, 3.63) is 28.8 Å². The van der Waals surface area contributed by atoms with E-state index in [1.807, 2.05) is 19.1 Å². The molecular formula is C20H29N3O4S. The van der Waals surface area contributed by atoms with Crippen LogP contribution in [0.5, 0.6) is 0 Å². The first-order valence-corrected chi connectivity index (χ1v) is 11.2. The Morgan fingerprint density at radius 3 is 2.00 bits per heavy atom. The van der Waals surface area contributed by atoms with Gasteiger partial charge in [-0.15, -0.1) is 0 Å². The van der Waals surface area contributed by atoms with Crippen LogP contribution in [0.25, 0.3) is 0 Å². The zero-order chi connectivity index (χ0) is 20.6. The SMILES string of the molecule is CC(=O)N1CCN(C(=O)C2CCCN2S(=O)(=O)c2c(C)cc(C)cc2C)CC1.